The van der Waals surface area contributed by atoms with Gasteiger partial charge < -0.3 is 10.5 Å². The highest BCUT2D eigenvalue weighted by Gasteiger charge is 2.11. The summed E-state index contributed by atoms with van der Waals surface area (Å²) in [5, 5.41) is 0. The number of nitrogens with two attached hydrogens (primary N) is 1. The number of ether oxygens (including phenoxy) is 1. The van der Waals surface area contributed by atoms with Crippen molar-refractivity contribution >= 4 is 21.7 Å². The Balaban J connectivity index is 2.61. The predicted octanol–water partition coefficient (Wildman–Crippen LogP) is 3.11. The van der Waals surface area contributed by atoms with Gasteiger partial charge in [-0.15, -0.1) is 0 Å². The zero-order chi connectivity index (χ0) is 13.3. The van der Waals surface area contributed by atoms with Crippen LogP contribution in [0, 0.1) is 13.8 Å². The fraction of sp³-hybridized carbons (Fsp3) is 0.231. The van der Waals surface area contributed by atoms with Gasteiger partial charge in [-0.2, -0.15) is 0 Å². The minimum Gasteiger partial charge on any atom is -0.497 e. The molecule has 0 aliphatic carbocycles. The normalized spacial score (nSPS) is 10.4. The number of halogens is 1. The quantitative estimate of drug-likeness (QED) is 0.926. The summed E-state index contributed by atoms with van der Waals surface area (Å²) >= 11 is 3.49. The van der Waals surface area contributed by atoms with Gasteiger partial charge in [-0.05, 0) is 32.0 Å². The Morgan fingerprint density at radius 3 is 2.56 bits per heavy atom. The number of methoxy groups -OCH3 is 1. The Morgan fingerprint density at radius 1 is 1.22 bits per heavy atom. The minimum absolute atomic E-state index is 0.507. The van der Waals surface area contributed by atoms with E-state index in [0.29, 0.717) is 11.6 Å². The maximum absolute atomic E-state index is 5.88. The van der Waals surface area contributed by atoms with Crippen LogP contribution in [0.25, 0.3) is 11.4 Å². The van der Waals surface area contributed by atoms with Crippen LogP contribution in [0.3, 0.4) is 0 Å². The van der Waals surface area contributed by atoms with Gasteiger partial charge in [0.15, 0.2) is 5.82 Å². The Morgan fingerprint density at radius 2 is 1.94 bits per heavy atom. The number of hydrogen-bond donors (Lipinski definition) is 1. The van der Waals surface area contributed by atoms with E-state index in [0.717, 1.165) is 27.0 Å². The lowest BCUT2D eigenvalue weighted by molar-refractivity contribution is 0.415. The molecule has 2 N–H and O–H groups in total. The van der Waals surface area contributed by atoms with Crippen LogP contribution < -0.4 is 10.5 Å². The smallest absolute Gasteiger partial charge is 0.163 e. The predicted molar refractivity (Wildman–Crippen MR) is 75.6 cm³/mol. The summed E-state index contributed by atoms with van der Waals surface area (Å²) in [5.74, 6) is 1.86. The third-order valence-electron chi connectivity index (χ3n) is 2.84. The third-order valence-corrected chi connectivity index (χ3v) is 3.53. The first-order valence-corrected chi connectivity index (χ1v) is 6.27. The summed E-state index contributed by atoms with van der Waals surface area (Å²) in [6, 6.07) is 5.66. The van der Waals surface area contributed by atoms with E-state index >= 15 is 0 Å². The van der Waals surface area contributed by atoms with E-state index in [9.17, 15) is 0 Å². The standard InChI is InChI=1S/C13H14BrN3O/c1-7-8(2)16-13(17-12(7)15)10-6-9(18-3)4-5-11(10)14/h4-6H,1-3H3,(H2,15,16,17). The van der Waals surface area contributed by atoms with Crippen LogP contribution in [0.1, 0.15) is 11.3 Å². The van der Waals surface area contributed by atoms with Crippen LogP contribution in [0.15, 0.2) is 22.7 Å². The molecule has 0 fully saturated rings. The van der Waals surface area contributed by atoms with Gasteiger partial charge in [0, 0.05) is 21.3 Å². The number of hydrogen-bond acceptors (Lipinski definition) is 4. The van der Waals surface area contributed by atoms with Crippen molar-refractivity contribution in [1.82, 2.24) is 9.97 Å². The van der Waals surface area contributed by atoms with Gasteiger partial charge in [-0.1, -0.05) is 15.9 Å². The molecule has 94 valence electrons. The van der Waals surface area contributed by atoms with Crippen molar-refractivity contribution in [2.75, 3.05) is 12.8 Å². The molecule has 0 amide bonds. The second-order valence-electron chi connectivity index (χ2n) is 3.99. The molecule has 0 atom stereocenters. The van der Waals surface area contributed by atoms with Crippen molar-refractivity contribution in [3.05, 3.63) is 33.9 Å². The van der Waals surface area contributed by atoms with Crippen molar-refractivity contribution in [2.24, 2.45) is 0 Å². The maximum atomic E-state index is 5.88. The van der Waals surface area contributed by atoms with Gasteiger partial charge in [-0.3, -0.25) is 0 Å². The van der Waals surface area contributed by atoms with Crippen molar-refractivity contribution in [2.45, 2.75) is 13.8 Å². The number of aryl methyl sites for hydroxylation is 1. The van der Waals surface area contributed by atoms with E-state index in [1.165, 1.54) is 0 Å². The van der Waals surface area contributed by atoms with Crippen LogP contribution in [0.4, 0.5) is 5.82 Å². The topological polar surface area (TPSA) is 61.0 Å². The molecule has 0 spiro atoms. The largest absolute Gasteiger partial charge is 0.497 e. The van der Waals surface area contributed by atoms with E-state index in [-0.39, 0.29) is 0 Å². The molecule has 1 heterocycles. The molecule has 0 radical (unpaired) electrons. The lowest BCUT2D eigenvalue weighted by Gasteiger charge is -2.09. The van der Waals surface area contributed by atoms with Crippen LogP contribution in [-0.2, 0) is 0 Å². The molecule has 0 saturated heterocycles. The highest BCUT2D eigenvalue weighted by molar-refractivity contribution is 9.10. The Hall–Kier alpha value is -1.62. The van der Waals surface area contributed by atoms with E-state index in [1.54, 1.807) is 7.11 Å². The minimum atomic E-state index is 0.507. The molecule has 0 aliphatic heterocycles. The maximum Gasteiger partial charge on any atom is 0.163 e. The average molecular weight is 308 g/mol. The Kier molecular flexibility index (Phi) is 3.52. The van der Waals surface area contributed by atoms with Gasteiger partial charge in [0.2, 0.25) is 0 Å². The molecule has 18 heavy (non-hydrogen) atoms. The van der Waals surface area contributed by atoms with Gasteiger partial charge in [-0.25, -0.2) is 9.97 Å². The molecule has 2 aromatic rings. The fourth-order valence-corrected chi connectivity index (χ4v) is 2.00. The lowest BCUT2D eigenvalue weighted by atomic mass is 10.1. The van der Waals surface area contributed by atoms with Gasteiger partial charge in [0.05, 0.1) is 7.11 Å². The molecule has 0 unspecified atom stereocenters. The number of rotatable bonds is 2. The van der Waals surface area contributed by atoms with E-state index in [2.05, 4.69) is 25.9 Å². The first kappa shape index (κ1) is 12.8. The molecule has 2 rings (SSSR count). The molecule has 0 aliphatic rings. The van der Waals surface area contributed by atoms with Crippen LogP contribution >= 0.6 is 15.9 Å². The molecule has 1 aromatic heterocycles. The summed E-state index contributed by atoms with van der Waals surface area (Å²) in [7, 11) is 1.63. The highest BCUT2D eigenvalue weighted by atomic mass is 79.9. The van der Waals surface area contributed by atoms with Crippen molar-refractivity contribution < 1.29 is 4.74 Å². The van der Waals surface area contributed by atoms with Crippen molar-refractivity contribution in [3.8, 4) is 17.1 Å². The van der Waals surface area contributed by atoms with Crippen LogP contribution in [-0.4, -0.2) is 17.1 Å². The molecular weight excluding hydrogens is 294 g/mol. The Labute approximate surface area is 114 Å². The molecule has 1 aromatic carbocycles. The second kappa shape index (κ2) is 4.94. The Bertz CT molecular complexity index is 576. The number of nitrogens with zero attached hydrogens (tertiary/aromatic N) is 2. The number of nitrogen functional groups attached to an aromatic ring is 1. The van der Waals surface area contributed by atoms with E-state index in [4.69, 9.17) is 10.5 Å². The lowest BCUT2D eigenvalue weighted by Crippen LogP contribution is -2.02. The summed E-state index contributed by atoms with van der Waals surface area (Å²) in [5.41, 5.74) is 8.54. The molecule has 0 bridgehead atoms. The van der Waals surface area contributed by atoms with E-state index in [1.807, 2.05) is 32.0 Å². The zero-order valence-electron chi connectivity index (χ0n) is 10.5. The van der Waals surface area contributed by atoms with Gasteiger partial charge >= 0.3 is 0 Å². The number of anilines is 1. The van der Waals surface area contributed by atoms with Crippen LogP contribution in [0.2, 0.25) is 0 Å². The molecule has 0 saturated carbocycles. The van der Waals surface area contributed by atoms with Crippen molar-refractivity contribution in [3.63, 3.8) is 0 Å². The van der Waals surface area contributed by atoms with Crippen LogP contribution in [0.5, 0.6) is 5.75 Å². The fourth-order valence-electron chi connectivity index (χ4n) is 1.57. The summed E-state index contributed by atoms with van der Waals surface area (Å²) in [6.45, 7) is 3.83. The molecular formula is C13H14BrN3O. The SMILES string of the molecule is COc1ccc(Br)c(-c2nc(C)c(C)c(N)n2)c1. The second-order valence-corrected chi connectivity index (χ2v) is 4.84. The van der Waals surface area contributed by atoms with Gasteiger partial charge in [0.25, 0.3) is 0 Å². The first-order valence-electron chi connectivity index (χ1n) is 5.47. The average Bonchev–Trinajstić information content (AvgIpc) is 2.36. The molecule has 5 heteroatoms. The first-order chi connectivity index (χ1) is 8.52. The number of aromatic nitrogens is 2. The summed E-state index contributed by atoms with van der Waals surface area (Å²) in [4.78, 5) is 8.78. The summed E-state index contributed by atoms with van der Waals surface area (Å²) in [6.07, 6.45) is 0. The van der Waals surface area contributed by atoms with Crippen molar-refractivity contribution in [1.29, 1.82) is 0 Å². The third kappa shape index (κ3) is 2.31. The zero-order valence-corrected chi connectivity index (χ0v) is 12.1. The monoisotopic (exact) mass is 307 g/mol. The van der Waals surface area contributed by atoms with E-state index < -0.39 is 0 Å². The number of benzene rings is 1. The summed E-state index contributed by atoms with van der Waals surface area (Å²) < 4.78 is 6.12. The van der Waals surface area contributed by atoms with Gasteiger partial charge in [0.1, 0.15) is 11.6 Å². The molecule has 4 nitrogen and oxygen atoms in total. The highest BCUT2D eigenvalue weighted by Crippen LogP contribution is 2.30.